The maximum Gasteiger partial charge on any atom is 0.272 e. The lowest BCUT2D eigenvalue weighted by molar-refractivity contribution is 0.0955. The van der Waals surface area contributed by atoms with Crippen molar-refractivity contribution in [1.29, 1.82) is 0 Å². The largest absolute Gasteiger partial charge is 0.492 e. The number of amides is 1. The van der Waals surface area contributed by atoms with Crippen molar-refractivity contribution in [3.63, 3.8) is 0 Å². The van der Waals surface area contributed by atoms with Crippen LogP contribution >= 0.6 is 34.2 Å². The quantitative estimate of drug-likeness (QED) is 0.385. The average Bonchev–Trinajstić information content (AvgIpc) is 2.55. The second-order valence-corrected chi connectivity index (χ2v) is 6.72. The molecule has 1 amide bonds. The van der Waals surface area contributed by atoms with Gasteiger partial charge in [0.2, 0.25) is 0 Å². The van der Waals surface area contributed by atoms with Crippen LogP contribution in [-0.2, 0) is 0 Å². The molecule has 0 unspecified atom stereocenters. The Morgan fingerprint density at radius 2 is 2.12 bits per heavy atom. The highest BCUT2D eigenvalue weighted by molar-refractivity contribution is 14.1. The summed E-state index contributed by atoms with van der Waals surface area (Å²) in [6.07, 6.45) is 1.55. The first-order chi connectivity index (χ1) is 12.0. The van der Waals surface area contributed by atoms with Crippen molar-refractivity contribution in [2.24, 2.45) is 5.10 Å². The number of rotatable bonds is 6. The molecule has 0 atom stereocenters. The molecule has 0 aliphatic rings. The van der Waals surface area contributed by atoms with E-state index in [2.05, 4.69) is 33.1 Å². The summed E-state index contributed by atoms with van der Waals surface area (Å²) >= 11 is 8.25. The molecule has 0 bridgehead atoms. The van der Waals surface area contributed by atoms with Crippen molar-refractivity contribution in [2.45, 2.75) is 13.8 Å². The van der Waals surface area contributed by atoms with Gasteiger partial charge in [-0.2, -0.15) is 5.10 Å². The maximum atomic E-state index is 12.1. The molecule has 0 aliphatic carbocycles. The van der Waals surface area contributed by atoms with E-state index in [9.17, 15) is 4.79 Å². The molecule has 25 heavy (non-hydrogen) atoms. The lowest BCUT2D eigenvalue weighted by atomic mass is 10.1. The van der Waals surface area contributed by atoms with Gasteiger partial charge in [0.25, 0.3) is 5.91 Å². The molecule has 0 saturated carbocycles. The highest BCUT2D eigenvalue weighted by atomic mass is 127. The number of benzene rings is 2. The Kier molecular flexibility index (Phi) is 7.07. The number of carbonyl (C=O) groups is 1. The Bertz CT molecular complexity index is 809. The van der Waals surface area contributed by atoms with E-state index in [1.54, 1.807) is 31.5 Å². The Morgan fingerprint density at radius 3 is 2.76 bits per heavy atom. The summed E-state index contributed by atoms with van der Waals surface area (Å²) in [6, 6.07) is 8.92. The molecule has 0 spiro atoms. The first-order valence-corrected chi connectivity index (χ1v) is 9.01. The van der Waals surface area contributed by atoms with Crippen molar-refractivity contribution in [3.8, 4) is 11.5 Å². The fraction of sp³-hybridized carbons (Fsp3) is 0.222. The summed E-state index contributed by atoms with van der Waals surface area (Å²) in [5, 5.41) is 4.39. The van der Waals surface area contributed by atoms with Gasteiger partial charge < -0.3 is 9.47 Å². The van der Waals surface area contributed by atoms with Crippen molar-refractivity contribution in [2.75, 3.05) is 13.7 Å². The SMILES string of the molecule is CCOc1cc(/C=N\NC(=O)c2ccc(C)cc2Cl)cc(I)c1OC. The van der Waals surface area contributed by atoms with Crippen LogP contribution in [0, 0.1) is 10.5 Å². The lowest BCUT2D eigenvalue weighted by Crippen LogP contribution is -2.18. The normalized spacial score (nSPS) is 10.8. The summed E-state index contributed by atoms with van der Waals surface area (Å²) in [7, 11) is 1.60. The molecule has 132 valence electrons. The Labute approximate surface area is 165 Å². The van der Waals surface area contributed by atoms with Crippen molar-refractivity contribution < 1.29 is 14.3 Å². The van der Waals surface area contributed by atoms with Gasteiger partial charge in [0.05, 0.1) is 34.1 Å². The molecule has 5 nitrogen and oxygen atoms in total. The monoisotopic (exact) mass is 472 g/mol. The standard InChI is InChI=1S/C18H18ClIN2O3/c1-4-25-16-9-12(8-15(20)17(16)24-3)10-21-22-18(23)13-6-5-11(2)7-14(13)19/h5-10H,4H2,1-3H3,(H,22,23)/b21-10-. The highest BCUT2D eigenvalue weighted by Crippen LogP contribution is 2.33. The zero-order valence-electron chi connectivity index (χ0n) is 14.1. The van der Waals surface area contributed by atoms with E-state index in [0.29, 0.717) is 28.7 Å². The maximum absolute atomic E-state index is 12.1. The van der Waals surface area contributed by atoms with Crippen LogP contribution in [0.4, 0.5) is 0 Å². The van der Waals surface area contributed by atoms with Crippen LogP contribution in [0.25, 0.3) is 0 Å². The second kappa shape index (κ2) is 9.05. The molecule has 2 aromatic carbocycles. The van der Waals surface area contributed by atoms with Crippen LogP contribution in [-0.4, -0.2) is 25.8 Å². The second-order valence-electron chi connectivity index (χ2n) is 5.15. The number of ether oxygens (including phenoxy) is 2. The molecule has 0 fully saturated rings. The fourth-order valence-electron chi connectivity index (χ4n) is 2.15. The molecule has 0 aromatic heterocycles. The van der Waals surface area contributed by atoms with Gasteiger partial charge >= 0.3 is 0 Å². The predicted molar refractivity (Wildman–Crippen MR) is 108 cm³/mol. The molecule has 0 saturated heterocycles. The third-order valence-electron chi connectivity index (χ3n) is 3.28. The number of methoxy groups -OCH3 is 1. The van der Waals surface area contributed by atoms with E-state index in [1.165, 1.54) is 0 Å². The zero-order chi connectivity index (χ0) is 18.4. The van der Waals surface area contributed by atoms with E-state index >= 15 is 0 Å². The molecule has 2 aromatic rings. The Morgan fingerprint density at radius 1 is 1.36 bits per heavy atom. The van der Waals surface area contributed by atoms with Crippen LogP contribution < -0.4 is 14.9 Å². The van der Waals surface area contributed by atoms with E-state index < -0.39 is 0 Å². The van der Waals surface area contributed by atoms with Gasteiger partial charge in [-0.3, -0.25) is 4.79 Å². The number of carbonyl (C=O) groups excluding carboxylic acids is 1. The summed E-state index contributed by atoms with van der Waals surface area (Å²) < 4.78 is 11.8. The van der Waals surface area contributed by atoms with Crippen molar-refractivity contribution >= 4 is 46.3 Å². The van der Waals surface area contributed by atoms with Gasteiger partial charge in [-0.25, -0.2) is 5.43 Å². The minimum atomic E-state index is -0.366. The molecular weight excluding hydrogens is 455 g/mol. The molecule has 2 rings (SSSR count). The zero-order valence-corrected chi connectivity index (χ0v) is 17.0. The summed E-state index contributed by atoms with van der Waals surface area (Å²) in [5.41, 5.74) is 4.63. The summed E-state index contributed by atoms with van der Waals surface area (Å²) in [4.78, 5) is 12.1. The molecule has 0 heterocycles. The topological polar surface area (TPSA) is 59.9 Å². The van der Waals surface area contributed by atoms with Gasteiger partial charge in [0, 0.05) is 0 Å². The van der Waals surface area contributed by atoms with Crippen molar-refractivity contribution in [3.05, 3.63) is 55.6 Å². The van der Waals surface area contributed by atoms with Crippen LogP contribution in [0.5, 0.6) is 11.5 Å². The van der Waals surface area contributed by atoms with Gasteiger partial charge in [0.1, 0.15) is 0 Å². The van der Waals surface area contributed by atoms with Crippen LogP contribution in [0.2, 0.25) is 5.02 Å². The van der Waals surface area contributed by atoms with E-state index in [1.807, 2.05) is 26.0 Å². The van der Waals surface area contributed by atoms with E-state index in [-0.39, 0.29) is 5.91 Å². The summed E-state index contributed by atoms with van der Waals surface area (Å²) in [6.45, 7) is 4.33. The van der Waals surface area contributed by atoms with Crippen LogP contribution in [0.3, 0.4) is 0 Å². The molecule has 0 radical (unpaired) electrons. The number of aryl methyl sites for hydroxylation is 1. The van der Waals surface area contributed by atoms with Crippen LogP contribution in [0.15, 0.2) is 35.4 Å². The predicted octanol–water partition coefficient (Wildman–Crippen LogP) is 4.42. The van der Waals surface area contributed by atoms with Gasteiger partial charge in [-0.1, -0.05) is 17.7 Å². The number of nitrogens with zero attached hydrogens (tertiary/aromatic N) is 1. The number of nitrogens with one attached hydrogen (secondary N) is 1. The third kappa shape index (κ3) is 5.09. The Hall–Kier alpha value is -1.80. The minimum Gasteiger partial charge on any atom is -0.492 e. The first-order valence-electron chi connectivity index (χ1n) is 7.56. The van der Waals surface area contributed by atoms with Gasteiger partial charge in [-0.15, -0.1) is 0 Å². The van der Waals surface area contributed by atoms with Crippen LogP contribution in [0.1, 0.15) is 28.4 Å². The molecule has 7 heteroatoms. The smallest absolute Gasteiger partial charge is 0.272 e. The first kappa shape index (κ1) is 19.5. The van der Waals surface area contributed by atoms with E-state index in [4.69, 9.17) is 21.1 Å². The van der Waals surface area contributed by atoms with Crippen molar-refractivity contribution in [1.82, 2.24) is 5.43 Å². The highest BCUT2D eigenvalue weighted by Gasteiger charge is 2.11. The minimum absolute atomic E-state index is 0.366. The van der Waals surface area contributed by atoms with Gasteiger partial charge in [0.15, 0.2) is 11.5 Å². The van der Waals surface area contributed by atoms with Gasteiger partial charge in [-0.05, 0) is 71.8 Å². The third-order valence-corrected chi connectivity index (χ3v) is 4.40. The summed E-state index contributed by atoms with van der Waals surface area (Å²) in [5.74, 6) is 0.941. The molecule has 1 N–H and O–H groups in total. The number of halogens is 2. The lowest BCUT2D eigenvalue weighted by Gasteiger charge is -2.11. The number of hydrazone groups is 1. The molecular formula is C18H18ClIN2O3. The van der Waals surface area contributed by atoms with E-state index in [0.717, 1.165) is 14.7 Å². The number of hydrogen-bond donors (Lipinski definition) is 1. The molecule has 0 aliphatic heterocycles. The number of hydrogen-bond acceptors (Lipinski definition) is 4. The fourth-order valence-corrected chi connectivity index (χ4v) is 3.32. The Balaban J connectivity index is 2.15. The average molecular weight is 473 g/mol.